The van der Waals surface area contributed by atoms with Crippen LogP contribution < -0.4 is 0 Å². The van der Waals surface area contributed by atoms with Gasteiger partial charge in [0, 0.05) is 12.1 Å². The Balaban J connectivity index is 2.28. The summed E-state index contributed by atoms with van der Waals surface area (Å²) >= 11 is 0. The first-order valence-corrected chi connectivity index (χ1v) is 6.57. The Morgan fingerprint density at radius 3 is 2.81 bits per heavy atom. The smallest absolute Gasteiger partial charge is 0.354 e. The highest BCUT2D eigenvalue weighted by Gasteiger charge is 2.31. The number of carbonyl (C=O) groups is 1. The van der Waals surface area contributed by atoms with Gasteiger partial charge in [-0.1, -0.05) is 0 Å². The van der Waals surface area contributed by atoms with Crippen molar-refractivity contribution in [3.05, 3.63) is 23.8 Å². The third-order valence-corrected chi connectivity index (χ3v) is 4.26. The van der Waals surface area contributed by atoms with Gasteiger partial charge in [-0.05, 0) is 12.5 Å². The van der Waals surface area contributed by atoms with Crippen molar-refractivity contribution in [1.29, 1.82) is 0 Å². The zero-order valence-electron chi connectivity index (χ0n) is 8.33. The Bertz CT molecular complexity index is 526. The maximum absolute atomic E-state index is 11.3. The van der Waals surface area contributed by atoms with Crippen molar-refractivity contribution in [2.24, 2.45) is 0 Å². The lowest BCUT2D eigenvalue weighted by atomic mass is 10.1. The number of hydrogen-bond donors (Lipinski definition) is 1. The van der Waals surface area contributed by atoms with E-state index in [0.29, 0.717) is 12.2 Å². The van der Waals surface area contributed by atoms with Crippen molar-refractivity contribution in [1.82, 2.24) is 9.97 Å². The van der Waals surface area contributed by atoms with Crippen molar-refractivity contribution in [2.75, 3.05) is 11.5 Å². The fourth-order valence-corrected chi connectivity index (χ4v) is 3.43. The van der Waals surface area contributed by atoms with Crippen LogP contribution in [-0.2, 0) is 9.84 Å². The van der Waals surface area contributed by atoms with Gasteiger partial charge in [-0.2, -0.15) is 0 Å². The van der Waals surface area contributed by atoms with Gasteiger partial charge in [0.2, 0.25) is 0 Å². The van der Waals surface area contributed by atoms with Gasteiger partial charge in [0.05, 0.1) is 11.5 Å². The van der Waals surface area contributed by atoms with Crippen molar-refractivity contribution in [3.8, 4) is 0 Å². The SMILES string of the molecule is O=C(O)c1ccnc(C2CCS(=O)(=O)C2)n1. The predicted octanol–water partition coefficient (Wildman–Crippen LogP) is 0.0769. The van der Waals surface area contributed by atoms with Crippen LogP contribution >= 0.6 is 0 Å². The van der Waals surface area contributed by atoms with Gasteiger partial charge >= 0.3 is 5.97 Å². The molecule has 0 amide bonds. The molecule has 1 aliphatic heterocycles. The van der Waals surface area contributed by atoms with Crippen LogP contribution in [-0.4, -0.2) is 41.0 Å². The molecule has 86 valence electrons. The minimum Gasteiger partial charge on any atom is -0.477 e. The van der Waals surface area contributed by atoms with Gasteiger partial charge in [0.25, 0.3) is 0 Å². The van der Waals surface area contributed by atoms with Gasteiger partial charge in [0.1, 0.15) is 5.82 Å². The Morgan fingerprint density at radius 2 is 2.25 bits per heavy atom. The summed E-state index contributed by atoms with van der Waals surface area (Å²) in [6.45, 7) is 0. The van der Waals surface area contributed by atoms with Gasteiger partial charge in [-0.3, -0.25) is 0 Å². The van der Waals surface area contributed by atoms with E-state index in [2.05, 4.69) is 9.97 Å². The standard InChI is InChI=1S/C9H10N2O4S/c12-9(13)7-1-3-10-8(11-7)6-2-4-16(14,15)5-6/h1,3,6H,2,4-5H2,(H,12,13). The highest BCUT2D eigenvalue weighted by molar-refractivity contribution is 7.91. The van der Waals surface area contributed by atoms with Crippen molar-refractivity contribution >= 4 is 15.8 Å². The van der Waals surface area contributed by atoms with Gasteiger partial charge in [-0.25, -0.2) is 23.2 Å². The van der Waals surface area contributed by atoms with Crippen LogP contribution in [0.2, 0.25) is 0 Å². The molecular formula is C9H10N2O4S. The molecule has 1 saturated heterocycles. The molecular weight excluding hydrogens is 232 g/mol. The van der Waals surface area contributed by atoms with E-state index < -0.39 is 15.8 Å². The minimum atomic E-state index is -3.00. The number of rotatable bonds is 2. The third kappa shape index (κ3) is 2.19. The van der Waals surface area contributed by atoms with Gasteiger partial charge < -0.3 is 5.11 Å². The van der Waals surface area contributed by atoms with E-state index in [1.54, 1.807) is 0 Å². The second kappa shape index (κ2) is 3.82. The average molecular weight is 242 g/mol. The second-order valence-corrected chi connectivity index (χ2v) is 5.93. The van der Waals surface area contributed by atoms with Gasteiger partial charge in [-0.15, -0.1) is 0 Å². The van der Waals surface area contributed by atoms with E-state index in [0.717, 1.165) is 0 Å². The molecule has 0 aromatic carbocycles. The maximum Gasteiger partial charge on any atom is 0.354 e. The first-order chi connectivity index (χ1) is 7.48. The monoisotopic (exact) mass is 242 g/mol. The molecule has 1 aromatic heterocycles. The summed E-state index contributed by atoms with van der Waals surface area (Å²) < 4.78 is 22.5. The van der Waals surface area contributed by atoms with Crippen LogP contribution in [0.3, 0.4) is 0 Å². The summed E-state index contributed by atoms with van der Waals surface area (Å²) in [6.07, 6.45) is 1.81. The van der Waals surface area contributed by atoms with Crippen LogP contribution in [0.4, 0.5) is 0 Å². The lowest BCUT2D eigenvalue weighted by Crippen LogP contribution is -2.10. The van der Waals surface area contributed by atoms with Crippen LogP contribution in [0.5, 0.6) is 0 Å². The molecule has 6 nitrogen and oxygen atoms in total. The van der Waals surface area contributed by atoms with Crippen molar-refractivity contribution in [3.63, 3.8) is 0 Å². The molecule has 1 aromatic rings. The number of hydrogen-bond acceptors (Lipinski definition) is 5. The Labute approximate surface area is 92.3 Å². The Hall–Kier alpha value is -1.50. The molecule has 1 N–H and O–H groups in total. The average Bonchev–Trinajstić information content (AvgIpc) is 2.59. The fraction of sp³-hybridized carbons (Fsp3) is 0.444. The van der Waals surface area contributed by atoms with E-state index in [1.165, 1.54) is 12.3 Å². The Kier molecular flexibility index (Phi) is 2.63. The fourth-order valence-electron chi connectivity index (χ4n) is 1.69. The van der Waals surface area contributed by atoms with E-state index in [-0.39, 0.29) is 23.1 Å². The molecule has 1 unspecified atom stereocenters. The molecule has 0 spiro atoms. The van der Waals surface area contributed by atoms with Crippen LogP contribution in [0.15, 0.2) is 12.3 Å². The molecule has 0 bridgehead atoms. The molecule has 1 fully saturated rings. The lowest BCUT2D eigenvalue weighted by molar-refractivity contribution is 0.0690. The van der Waals surface area contributed by atoms with Crippen LogP contribution in [0.1, 0.15) is 28.7 Å². The topological polar surface area (TPSA) is 97.2 Å². The summed E-state index contributed by atoms with van der Waals surface area (Å²) in [5, 5.41) is 8.75. The highest BCUT2D eigenvalue weighted by atomic mass is 32.2. The molecule has 1 aliphatic rings. The minimum absolute atomic E-state index is 0.00999. The molecule has 1 atom stereocenters. The zero-order valence-corrected chi connectivity index (χ0v) is 9.14. The van der Waals surface area contributed by atoms with E-state index in [9.17, 15) is 13.2 Å². The van der Waals surface area contributed by atoms with Crippen LogP contribution in [0, 0.1) is 0 Å². The first kappa shape index (κ1) is 11.0. The molecule has 2 heterocycles. The largest absolute Gasteiger partial charge is 0.477 e. The van der Waals surface area contributed by atoms with E-state index in [1.807, 2.05) is 0 Å². The summed E-state index contributed by atoms with van der Waals surface area (Å²) in [5.41, 5.74) is -0.103. The molecule has 7 heteroatoms. The number of sulfone groups is 1. The second-order valence-electron chi connectivity index (χ2n) is 3.71. The van der Waals surface area contributed by atoms with Crippen molar-refractivity contribution < 1.29 is 18.3 Å². The first-order valence-electron chi connectivity index (χ1n) is 4.74. The number of carboxylic acid groups (broad SMARTS) is 1. The van der Waals surface area contributed by atoms with Crippen molar-refractivity contribution in [2.45, 2.75) is 12.3 Å². The molecule has 2 rings (SSSR count). The normalized spacial score (nSPS) is 23.1. The summed E-state index contributed by atoms with van der Waals surface area (Å²) in [5.74, 6) is -0.969. The number of aromatic carboxylic acids is 1. The maximum atomic E-state index is 11.3. The summed E-state index contributed by atoms with van der Waals surface area (Å²) in [6, 6.07) is 1.29. The summed E-state index contributed by atoms with van der Waals surface area (Å²) in [7, 11) is -3.00. The Morgan fingerprint density at radius 1 is 1.50 bits per heavy atom. The van der Waals surface area contributed by atoms with Gasteiger partial charge in [0.15, 0.2) is 15.5 Å². The quantitative estimate of drug-likeness (QED) is 0.788. The number of nitrogens with zero attached hydrogens (tertiary/aromatic N) is 2. The highest BCUT2D eigenvalue weighted by Crippen LogP contribution is 2.26. The third-order valence-electron chi connectivity index (χ3n) is 2.49. The zero-order chi connectivity index (χ0) is 11.8. The lowest BCUT2D eigenvalue weighted by Gasteiger charge is -2.05. The molecule has 0 aliphatic carbocycles. The number of aromatic nitrogens is 2. The van der Waals surface area contributed by atoms with Crippen LogP contribution in [0.25, 0.3) is 0 Å². The summed E-state index contributed by atoms with van der Waals surface area (Å²) in [4.78, 5) is 18.5. The molecule has 0 saturated carbocycles. The predicted molar refractivity (Wildman–Crippen MR) is 55.0 cm³/mol. The number of carboxylic acids is 1. The van der Waals surface area contributed by atoms with E-state index in [4.69, 9.17) is 5.11 Å². The molecule has 0 radical (unpaired) electrons. The molecule has 16 heavy (non-hydrogen) atoms. The van der Waals surface area contributed by atoms with E-state index >= 15 is 0 Å².